The summed E-state index contributed by atoms with van der Waals surface area (Å²) in [7, 11) is 5.33. The van der Waals surface area contributed by atoms with Crippen LogP contribution >= 0.6 is 0 Å². The van der Waals surface area contributed by atoms with Gasteiger partial charge in [-0.2, -0.15) is 0 Å². The maximum atomic E-state index is 8.87. The van der Waals surface area contributed by atoms with E-state index in [-0.39, 0.29) is 11.9 Å². The van der Waals surface area contributed by atoms with Crippen LogP contribution in [-0.2, 0) is 4.74 Å². The molecule has 8 heavy (non-hydrogen) atoms. The lowest BCUT2D eigenvalue weighted by atomic mass is 9.93. The highest BCUT2D eigenvalue weighted by Gasteiger charge is 2.26. The zero-order valence-corrected chi connectivity index (χ0v) is 4.87. The Bertz CT molecular complexity index is 76.5. The van der Waals surface area contributed by atoms with Crippen molar-refractivity contribution < 1.29 is 9.84 Å². The van der Waals surface area contributed by atoms with E-state index in [0.29, 0.717) is 0 Å². The second-order valence-electron chi connectivity index (χ2n) is 2.28. The summed E-state index contributed by atoms with van der Waals surface area (Å²) < 4.78 is 4.81. The molecule has 1 saturated heterocycles. The van der Waals surface area contributed by atoms with Gasteiger partial charge in [-0.25, -0.2) is 0 Å². The summed E-state index contributed by atoms with van der Waals surface area (Å²) in [5.41, 5.74) is 0. The minimum Gasteiger partial charge on any atom is -0.368 e. The summed E-state index contributed by atoms with van der Waals surface area (Å²) in [6, 6.07) is -0.250. The molecule has 1 N–H and O–H groups in total. The van der Waals surface area contributed by atoms with Crippen molar-refractivity contribution in [2.45, 2.75) is 25.6 Å². The Kier molecular flexibility index (Phi) is 1.58. The molecule has 44 valence electrons. The van der Waals surface area contributed by atoms with Crippen LogP contribution in [0.15, 0.2) is 0 Å². The van der Waals surface area contributed by atoms with E-state index in [1.807, 2.05) is 6.92 Å². The summed E-state index contributed by atoms with van der Waals surface area (Å²) in [6.45, 7) is 1.91. The molecule has 2 radical (unpaired) electrons. The molecule has 0 aromatic heterocycles. The highest BCUT2D eigenvalue weighted by atomic mass is 16.6. The molecule has 3 atom stereocenters. The minimum atomic E-state index is -0.634. The van der Waals surface area contributed by atoms with Gasteiger partial charge in [0.05, 0.1) is 0 Å². The third kappa shape index (κ3) is 1.04. The van der Waals surface area contributed by atoms with Crippen molar-refractivity contribution in [3.8, 4) is 0 Å². The number of aliphatic hydroxyl groups excluding tert-OH is 1. The Morgan fingerprint density at radius 2 is 2.38 bits per heavy atom. The minimum absolute atomic E-state index is 0.199. The number of hydrogen-bond donors (Lipinski definition) is 1. The van der Waals surface area contributed by atoms with E-state index in [1.54, 1.807) is 0 Å². The molecule has 0 saturated carbocycles. The van der Waals surface area contributed by atoms with Gasteiger partial charge in [0.2, 0.25) is 0 Å². The van der Waals surface area contributed by atoms with E-state index in [0.717, 1.165) is 6.42 Å². The van der Waals surface area contributed by atoms with Crippen LogP contribution in [0.5, 0.6) is 0 Å². The molecule has 3 heteroatoms. The van der Waals surface area contributed by atoms with Gasteiger partial charge in [-0.3, -0.25) is 0 Å². The fourth-order valence-electron chi connectivity index (χ4n) is 0.852. The van der Waals surface area contributed by atoms with Crippen molar-refractivity contribution in [2.75, 3.05) is 0 Å². The van der Waals surface area contributed by atoms with Crippen LogP contribution in [0.3, 0.4) is 0 Å². The zero-order valence-electron chi connectivity index (χ0n) is 4.87. The first-order valence-corrected chi connectivity index (χ1v) is 2.79. The molecule has 1 rings (SSSR count). The van der Waals surface area contributed by atoms with E-state index >= 15 is 0 Å². The first-order chi connectivity index (χ1) is 3.70. The number of rotatable bonds is 0. The normalized spacial score (nSPS) is 47.5. The van der Waals surface area contributed by atoms with Gasteiger partial charge in [-0.15, -0.1) is 0 Å². The molecule has 1 aliphatic heterocycles. The molecular formula is C5H9BO2. The number of hydrogen-bond acceptors (Lipinski definition) is 2. The molecule has 0 bridgehead atoms. The maximum absolute atomic E-state index is 8.87. The Labute approximate surface area is 50.3 Å². The molecule has 0 spiro atoms. The van der Waals surface area contributed by atoms with Gasteiger partial charge in [0.15, 0.2) is 6.29 Å². The van der Waals surface area contributed by atoms with Crippen molar-refractivity contribution in [3.63, 3.8) is 0 Å². The average Bonchev–Trinajstić information content (AvgIpc) is 1.85. The van der Waals surface area contributed by atoms with Gasteiger partial charge in [0.25, 0.3) is 0 Å². The third-order valence-corrected chi connectivity index (χ3v) is 1.41. The van der Waals surface area contributed by atoms with Crippen LogP contribution in [0, 0.1) is 5.92 Å². The quantitative estimate of drug-likeness (QED) is 0.441. The van der Waals surface area contributed by atoms with Crippen LogP contribution in [0.1, 0.15) is 13.3 Å². The molecule has 0 amide bonds. The van der Waals surface area contributed by atoms with E-state index < -0.39 is 6.29 Å². The standard InChI is InChI=1S/C5H9BO2/c1-3-2-4(6)8-5(3)7/h3-5,7H,2H2,1H3. The molecule has 0 aromatic carbocycles. The topological polar surface area (TPSA) is 29.5 Å². The van der Waals surface area contributed by atoms with Crippen LogP contribution in [0.25, 0.3) is 0 Å². The largest absolute Gasteiger partial charge is 0.368 e. The Morgan fingerprint density at radius 3 is 2.50 bits per heavy atom. The summed E-state index contributed by atoms with van der Waals surface area (Å²) >= 11 is 0. The van der Waals surface area contributed by atoms with E-state index in [2.05, 4.69) is 0 Å². The van der Waals surface area contributed by atoms with E-state index in [4.69, 9.17) is 17.7 Å². The second-order valence-corrected chi connectivity index (χ2v) is 2.28. The highest BCUT2D eigenvalue weighted by molar-refractivity contribution is 6.11. The smallest absolute Gasteiger partial charge is 0.156 e. The molecule has 1 aliphatic rings. The van der Waals surface area contributed by atoms with Crippen LogP contribution in [0.4, 0.5) is 0 Å². The predicted molar refractivity (Wildman–Crippen MR) is 30.4 cm³/mol. The van der Waals surface area contributed by atoms with Gasteiger partial charge < -0.3 is 9.84 Å². The SMILES string of the molecule is [B]C1CC(C)C(O)O1. The third-order valence-electron chi connectivity index (χ3n) is 1.41. The van der Waals surface area contributed by atoms with Crippen molar-refractivity contribution in [3.05, 3.63) is 0 Å². The molecule has 0 aliphatic carbocycles. The summed E-state index contributed by atoms with van der Waals surface area (Å²) in [5.74, 6) is 0.199. The van der Waals surface area contributed by atoms with Crippen molar-refractivity contribution in [2.24, 2.45) is 5.92 Å². The Hall–Kier alpha value is -0.0151. The van der Waals surface area contributed by atoms with Crippen LogP contribution < -0.4 is 0 Å². The molecule has 3 unspecified atom stereocenters. The molecule has 2 nitrogen and oxygen atoms in total. The van der Waals surface area contributed by atoms with Crippen molar-refractivity contribution in [1.29, 1.82) is 0 Å². The summed E-state index contributed by atoms with van der Waals surface area (Å²) in [6.07, 6.45) is 0.131. The zero-order chi connectivity index (χ0) is 6.15. The van der Waals surface area contributed by atoms with Crippen LogP contribution in [-0.4, -0.2) is 25.2 Å². The molecule has 1 heterocycles. The number of ether oxygens (including phenoxy) is 1. The van der Waals surface area contributed by atoms with E-state index in [9.17, 15) is 0 Å². The predicted octanol–water partition coefficient (Wildman–Crippen LogP) is -0.144. The fourth-order valence-corrected chi connectivity index (χ4v) is 0.852. The Morgan fingerprint density at radius 1 is 1.75 bits per heavy atom. The molecule has 1 fully saturated rings. The molecule has 0 aromatic rings. The van der Waals surface area contributed by atoms with Gasteiger partial charge in [0.1, 0.15) is 7.85 Å². The lowest BCUT2D eigenvalue weighted by Gasteiger charge is -2.04. The van der Waals surface area contributed by atoms with E-state index in [1.165, 1.54) is 0 Å². The lowest BCUT2D eigenvalue weighted by Crippen LogP contribution is -2.12. The number of aliphatic hydroxyl groups is 1. The van der Waals surface area contributed by atoms with Gasteiger partial charge in [0, 0.05) is 11.9 Å². The van der Waals surface area contributed by atoms with Crippen molar-refractivity contribution >= 4 is 7.85 Å². The Balaban J connectivity index is 2.39. The fraction of sp³-hybridized carbons (Fsp3) is 1.00. The van der Waals surface area contributed by atoms with Gasteiger partial charge >= 0.3 is 0 Å². The highest BCUT2D eigenvalue weighted by Crippen LogP contribution is 2.21. The molecular weight excluding hydrogens is 103 g/mol. The van der Waals surface area contributed by atoms with Crippen LogP contribution in [0.2, 0.25) is 0 Å². The average molecular weight is 112 g/mol. The maximum Gasteiger partial charge on any atom is 0.156 e. The first kappa shape index (κ1) is 6.11. The van der Waals surface area contributed by atoms with Crippen molar-refractivity contribution in [1.82, 2.24) is 0 Å². The van der Waals surface area contributed by atoms with Gasteiger partial charge in [-0.1, -0.05) is 6.92 Å². The summed E-state index contributed by atoms with van der Waals surface area (Å²) in [5, 5.41) is 8.87. The monoisotopic (exact) mass is 112 g/mol. The lowest BCUT2D eigenvalue weighted by molar-refractivity contribution is -0.0878. The van der Waals surface area contributed by atoms with Gasteiger partial charge in [-0.05, 0) is 6.42 Å². The first-order valence-electron chi connectivity index (χ1n) is 2.79. The second kappa shape index (κ2) is 2.07. The summed E-state index contributed by atoms with van der Waals surface area (Å²) in [4.78, 5) is 0.